The van der Waals surface area contributed by atoms with Crippen molar-refractivity contribution < 1.29 is 14.2 Å². The first-order valence-electron chi connectivity index (χ1n) is 9.21. The number of benzene rings is 2. The summed E-state index contributed by atoms with van der Waals surface area (Å²) in [6, 6.07) is 15.5. The molecule has 0 N–H and O–H groups in total. The molecule has 3 rings (SSSR count). The fraction of sp³-hybridized carbons (Fsp3) is 0.333. The monoisotopic (exact) mass is 414 g/mol. The van der Waals surface area contributed by atoms with Gasteiger partial charge in [-0.2, -0.15) is 5.10 Å². The Hall–Kier alpha value is -2.84. The van der Waals surface area contributed by atoms with Crippen molar-refractivity contribution in [3.63, 3.8) is 0 Å². The Morgan fingerprint density at radius 1 is 0.931 bits per heavy atom. The summed E-state index contributed by atoms with van der Waals surface area (Å²) in [5, 5.41) is 4.63. The number of nitrogens with zero attached hydrogens (tertiary/aromatic N) is 4. The highest BCUT2D eigenvalue weighted by Crippen LogP contribution is 2.18. The molecule has 0 aliphatic rings. The molecule has 0 radical (unpaired) electrons. The van der Waals surface area contributed by atoms with Crippen LogP contribution in [0.4, 0.5) is 0 Å². The van der Waals surface area contributed by atoms with Crippen molar-refractivity contribution >= 4 is 12.2 Å². The number of aromatic nitrogens is 3. The smallest absolute Gasteiger partial charge is 0.198 e. The van der Waals surface area contributed by atoms with Gasteiger partial charge < -0.3 is 18.8 Å². The molecular formula is C21H26N4O3S. The van der Waals surface area contributed by atoms with E-state index in [4.69, 9.17) is 26.4 Å². The minimum Gasteiger partial charge on any atom is -0.497 e. The summed E-state index contributed by atoms with van der Waals surface area (Å²) in [6.07, 6.45) is 0. The van der Waals surface area contributed by atoms with Crippen LogP contribution >= 0.6 is 12.2 Å². The van der Waals surface area contributed by atoms with Crippen LogP contribution in [0.2, 0.25) is 0 Å². The van der Waals surface area contributed by atoms with Crippen LogP contribution in [0.3, 0.4) is 0 Å². The van der Waals surface area contributed by atoms with E-state index < -0.39 is 0 Å². The molecule has 2 aromatic carbocycles. The second-order valence-electron chi connectivity index (χ2n) is 6.73. The zero-order chi connectivity index (χ0) is 20.8. The highest BCUT2D eigenvalue weighted by molar-refractivity contribution is 7.71. The lowest BCUT2D eigenvalue weighted by Crippen LogP contribution is -2.22. The van der Waals surface area contributed by atoms with E-state index in [0.29, 0.717) is 18.0 Å². The number of methoxy groups -OCH3 is 2. The van der Waals surface area contributed by atoms with Gasteiger partial charge in [0.1, 0.15) is 23.9 Å². The summed E-state index contributed by atoms with van der Waals surface area (Å²) in [7, 11) is 7.25. The normalized spacial score (nSPS) is 10.9. The molecule has 0 aliphatic heterocycles. The second kappa shape index (κ2) is 9.58. The molecule has 1 heterocycles. The van der Waals surface area contributed by atoms with Gasteiger partial charge in [-0.05, 0) is 61.2 Å². The fourth-order valence-corrected chi connectivity index (χ4v) is 3.10. The van der Waals surface area contributed by atoms with Crippen molar-refractivity contribution in [3.8, 4) is 17.2 Å². The summed E-state index contributed by atoms with van der Waals surface area (Å²) in [5.41, 5.74) is 1.19. The van der Waals surface area contributed by atoms with Crippen molar-refractivity contribution in [2.45, 2.75) is 19.8 Å². The fourth-order valence-electron chi connectivity index (χ4n) is 2.89. The molecule has 29 heavy (non-hydrogen) atoms. The topological polar surface area (TPSA) is 53.7 Å². The van der Waals surface area contributed by atoms with Crippen LogP contribution in [0.1, 0.15) is 11.4 Å². The Morgan fingerprint density at radius 2 is 1.48 bits per heavy atom. The van der Waals surface area contributed by atoms with Crippen LogP contribution in [0.5, 0.6) is 17.2 Å². The quantitative estimate of drug-likeness (QED) is 0.499. The average molecular weight is 415 g/mol. The van der Waals surface area contributed by atoms with E-state index in [1.807, 2.05) is 59.7 Å². The first kappa shape index (κ1) is 20.9. The van der Waals surface area contributed by atoms with Crippen molar-refractivity contribution in [2.24, 2.45) is 7.05 Å². The third-order valence-electron chi connectivity index (χ3n) is 4.55. The number of hydrogen-bond donors (Lipinski definition) is 0. The number of rotatable bonds is 9. The maximum absolute atomic E-state index is 5.84. The van der Waals surface area contributed by atoms with Crippen LogP contribution in [-0.2, 0) is 26.9 Å². The zero-order valence-corrected chi connectivity index (χ0v) is 18.0. The van der Waals surface area contributed by atoms with Crippen LogP contribution in [0.25, 0.3) is 0 Å². The van der Waals surface area contributed by atoms with Crippen molar-refractivity contribution in [1.82, 2.24) is 19.2 Å². The first-order chi connectivity index (χ1) is 14.0. The van der Waals surface area contributed by atoms with Gasteiger partial charge in [0.25, 0.3) is 0 Å². The maximum atomic E-state index is 5.84. The predicted molar refractivity (Wildman–Crippen MR) is 114 cm³/mol. The molecule has 0 spiro atoms. The lowest BCUT2D eigenvalue weighted by Gasteiger charge is -2.16. The van der Waals surface area contributed by atoms with Gasteiger partial charge in [0.15, 0.2) is 10.6 Å². The van der Waals surface area contributed by atoms with Crippen molar-refractivity contribution in [3.05, 3.63) is 64.7 Å². The molecule has 0 fully saturated rings. The van der Waals surface area contributed by atoms with E-state index in [1.54, 1.807) is 14.2 Å². The van der Waals surface area contributed by atoms with Gasteiger partial charge in [-0.25, -0.2) is 4.68 Å². The number of hydrogen-bond acceptors (Lipinski definition) is 6. The SMILES string of the molecule is COc1ccc(CN(C)Cn2nc(COc3ccc(OC)cc3)n(C)c2=S)cc1. The molecule has 0 unspecified atom stereocenters. The van der Waals surface area contributed by atoms with Gasteiger partial charge >= 0.3 is 0 Å². The largest absolute Gasteiger partial charge is 0.497 e. The Labute approximate surface area is 176 Å². The molecule has 0 bridgehead atoms. The standard InChI is InChI=1S/C21H26N4O3S/c1-23(13-16-5-7-17(26-3)8-6-16)15-25-21(29)24(2)20(22-25)14-28-19-11-9-18(27-4)10-12-19/h5-12H,13-15H2,1-4H3. The van der Waals surface area contributed by atoms with E-state index >= 15 is 0 Å². The summed E-state index contributed by atoms with van der Waals surface area (Å²) in [5.74, 6) is 3.16. The molecular weight excluding hydrogens is 388 g/mol. The van der Waals surface area contributed by atoms with E-state index in [1.165, 1.54) is 5.56 Å². The predicted octanol–water partition coefficient (Wildman–Crippen LogP) is 3.64. The highest BCUT2D eigenvalue weighted by Gasteiger charge is 2.11. The molecule has 0 saturated carbocycles. The molecule has 1 aromatic heterocycles. The summed E-state index contributed by atoms with van der Waals surface area (Å²) in [4.78, 5) is 2.15. The van der Waals surface area contributed by atoms with E-state index in [-0.39, 0.29) is 0 Å². The van der Waals surface area contributed by atoms with Crippen LogP contribution < -0.4 is 14.2 Å². The molecule has 0 saturated heterocycles. The highest BCUT2D eigenvalue weighted by atomic mass is 32.1. The third-order valence-corrected chi connectivity index (χ3v) is 5.03. The van der Waals surface area contributed by atoms with Gasteiger partial charge in [0, 0.05) is 13.6 Å². The van der Waals surface area contributed by atoms with Crippen molar-refractivity contribution in [2.75, 3.05) is 21.3 Å². The number of ether oxygens (including phenoxy) is 3. The zero-order valence-electron chi connectivity index (χ0n) is 17.2. The Bertz CT molecular complexity index is 981. The summed E-state index contributed by atoms with van der Waals surface area (Å²) in [6.45, 7) is 1.70. The first-order valence-corrected chi connectivity index (χ1v) is 9.62. The van der Waals surface area contributed by atoms with Gasteiger partial charge in [-0.1, -0.05) is 12.1 Å². The van der Waals surface area contributed by atoms with Crippen LogP contribution in [0, 0.1) is 4.77 Å². The second-order valence-corrected chi connectivity index (χ2v) is 7.09. The Morgan fingerprint density at radius 3 is 2.07 bits per heavy atom. The molecule has 3 aromatic rings. The van der Waals surface area contributed by atoms with Gasteiger partial charge in [-0.3, -0.25) is 4.90 Å². The van der Waals surface area contributed by atoms with Gasteiger partial charge in [-0.15, -0.1) is 0 Å². The van der Waals surface area contributed by atoms with Crippen LogP contribution in [-0.4, -0.2) is 40.5 Å². The molecule has 0 amide bonds. The summed E-state index contributed by atoms with van der Waals surface area (Å²) >= 11 is 5.54. The Kier molecular flexibility index (Phi) is 6.90. The lowest BCUT2D eigenvalue weighted by molar-refractivity contribution is 0.240. The van der Waals surface area contributed by atoms with Crippen molar-refractivity contribution in [1.29, 1.82) is 0 Å². The van der Waals surface area contributed by atoms with Gasteiger partial charge in [0.2, 0.25) is 0 Å². The Balaban J connectivity index is 1.61. The van der Waals surface area contributed by atoms with E-state index in [2.05, 4.69) is 22.1 Å². The van der Waals surface area contributed by atoms with Crippen LogP contribution in [0.15, 0.2) is 48.5 Å². The molecule has 0 atom stereocenters. The van der Waals surface area contributed by atoms with E-state index in [9.17, 15) is 0 Å². The van der Waals surface area contributed by atoms with E-state index in [0.717, 1.165) is 29.6 Å². The lowest BCUT2D eigenvalue weighted by atomic mass is 10.2. The maximum Gasteiger partial charge on any atom is 0.198 e. The summed E-state index contributed by atoms with van der Waals surface area (Å²) < 4.78 is 20.5. The molecule has 8 heteroatoms. The average Bonchev–Trinajstić information content (AvgIpc) is 3.01. The molecule has 154 valence electrons. The molecule has 0 aliphatic carbocycles. The van der Waals surface area contributed by atoms with Gasteiger partial charge in [0.05, 0.1) is 20.9 Å². The molecule has 7 nitrogen and oxygen atoms in total. The third kappa shape index (κ3) is 5.36. The minimum absolute atomic E-state index is 0.335. The minimum atomic E-state index is 0.335.